The first kappa shape index (κ1) is 27.6. The Morgan fingerprint density at radius 1 is 1.00 bits per heavy atom. The zero-order chi connectivity index (χ0) is 17.3. The van der Waals surface area contributed by atoms with Gasteiger partial charge in [0, 0.05) is 27.3 Å². The molecule has 0 amide bonds. The molecule has 0 aromatic heterocycles. The fourth-order valence-electron chi connectivity index (χ4n) is 0.149. The van der Waals surface area contributed by atoms with Gasteiger partial charge in [-0.2, -0.15) is 0 Å². The van der Waals surface area contributed by atoms with Crippen LogP contribution in [0.15, 0.2) is 0 Å². The normalized spacial score (nSPS) is 11.4. The van der Waals surface area contributed by atoms with E-state index in [1.165, 1.54) is 38.6 Å². The highest BCUT2D eigenvalue weighted by molar-refractivity contribution is 7.79. The van der Waals surface area contributed by atoms with Gasteiger partial charge in [0.2, 0.25) is 11.3 Å². The van der Waals surface area contributed by atoms with Gasteiger partial charge < -0.3 is 9.90 Å². The maximum absolute atomic E-state index is 10.3. The first-order valence-electron chi connectivity index (χ1n) is 5.10. The van der Waals surface area contributed by atoms with Crippen molar-refractivity contribution in [1.82, 2.24) is 4.31 Å². The monoisotopic (exact) mass is 335 g/mol. The third-order valence-corrected chi connectivity index (χ3v) is 2.03. The van der Waals surface area contributed by atoms with Gasteiger partial charge in [0.05, 0.1) is 14.2 Å². The quantitative estimate of drug-likeness (QED) is 0.794. The predicted molar refractivity (Wildman–Crippen MR) is 79.6 cm³/mol. The van der Waals surface area contributed by atoms with E-state index in [1.54, 1.807) is 14.1 Å². The fourth-order valence-corrected chi connectivity index (χ4v) is 0.447. The highest BCUT2D eigenvalue weighted by Crippen LogP contribution is 1.82. The molecule has 2 unspecified atom stereocenters. The molecule has 20 heavy (non-hydrogen) atoms. The molecule has 0 radical (unpaired) electrons. The summed E-state index contributed by atoms with van der Waals surface area (Å²) >= 11 is -2.32. The van der Waals surface area contributed by atoms with Crippen LogP contribution in [0.4, 0.5) is 0 Å². The third-order valence-electron chi connectivity index (χ3n) is 0.675. The summed E-state index contributed by atoms with van der Waals surface area (Å²) in [6.45, 7) is 4.14. The molecule has 2 atom stereocenters. The molecule has 0 saturated heterocycles. The minimum Gasteiger partial charge on any atom is -0.481 e. The van der Waals surface area contributed by atoms with Crippen LogP contribution in [0.25, 0.3) is 0 Å². The van der Waals surface area contributed by atoms with Crippen molar-refractivity contribution in [2.75, 3.05) is 34.6 Å². The van der Waals surface area contributed by atoms with Crippen LogP contribution in [-0.4, -0.2) is 64.2 Å². The van der Waals surface area contributed by atoms with Gasteiger partial charge in [-0.1, -0.05) is 0 Å². The molecular weight excluding hydrogens is 310 g/mol. The van der Waals surface area contributed by atoms with E-state index in [-0.39, 0.29) is 5.78 Å². The Kier molecular flexibility index (Phi) is 28.5. The predicted octanol–water partition coefficient (Wildman–Crippen LogP) is 0.386. The number of Topliss-reactive ketones (excluding diaryl/α,β-unsaturated/α-hetero) is 1. The summed E-state index contributed by atoms with van der Waals surface area (Å²) in [5.74, 6) is -0.667. The number of ketones is 1. The summed E-state index contributed by atoms with van der Waals surface area (Å²) in [6.07, 6.45) is 1.47. The minimum atomic E-state index is -1.25. The molecule has 0 aromatic carbocycles. The van der Waals surface area contributed by atoms with Crippen molar-refractivity contribution < 1.29 is 31.5 Å². The molecule has 0 saturated carbocycles. The van der Waals surface area contributed by atoms with Crippen LogP contribution in [0.1, 0.15) is 20.8 Å². The Labute approximate surface area is 125 Å². The van der Waals surface area contributed by atoms with Gasteiger partial charge >= 0.3 is 0 Å². The second-order valence-electron chi connectivity index (χ2n) is 3.19. The number of carboxylic acid groups (broad SMARTS) is 1. The number of carboxylic acids is 1. The van der Waals surface area contributed by atoms with Gasteiger partial charge in [-0.25, -0.2) is 12.7 Å². The first-order chi connectivity index (χ1) is 8.91. The molecule has 0 rings (SSSR count). The molecule has 0 aliphatic rings. The van der Waals surface area contributed by atoms with Crippen LogP contribution < -0.4 is 0 Å². The second-order valence-corrected chi connectivity index (χ2v) is 5.83. The van der Waals surface area contributed by atoms with Crippen molar-refractivity contribution in [1.29, 1.82) is 0 Å². The molecule has 0 aliphatic heterocycles. The van der Waals surface area contributed by atoms with Gasteiger partial charge in [-0.3, -0.25) is 13.2 Å². The van der Waals surface area contributed by atoms with Crippen LogP contribution in [-0.2, 0) is 40.3 Å². The molecule has 8 nitrogen and oxygen atoms in total. The summed E-state index contributed by atoms with van der Waals surface area (Å²) in [6, 6.07) is 0. The van der Waals surface area contributed by atoms with E-state index in [0.717, 1.165) is 6.92 Å². The zero-order valence-electron chi connectivity index (χ0n) is 13.2. The molecule has 124 valence electrons. The number of carbonyl (C=O) groups is 2. The van der Waals surface area contributed by atoms with Crippen LogP contribution in [0, 0.1) is 0 Å². The van der Waals surface area contributed by atoms with Crippen molar-refractivity contribution in [3.05, 3.63) is 0 Å². The Morgan fingerprint density at radius 2 is 1.20 bits per heavy atom. The van der Waals surface area contributed by atoms with Crippen molar-refractivity contribution in [2.24, 2.45) is 0 Å². The largest absolute Gasteiger partial charge is 0.481 e. The SMILES string of the molecule is CC(=O)O.CC(C)=O.COS(=O)N(C)C.COS(C)=O. The van der Waals surface area contributed by atoms with Crippen LogP contribution in [0.3, 0.4) is 0 Å². The lowest BCUT2D eigenvalue weighted by Crippen LogP contribution is -2.15. The highest BCUT2D eigenvalue weighted by Gasteiger charge is 1.95. The van der Waals surface area contributed by atoms with Crippen molar-refractivity contribution in [3.8, 4) is 0 Å². The number of carbonyl (C=O) groups excluding carboxylic acids is 1. The lowest BCUT2D eigenvalue weighted by molar-refractivity contribution is -0.134. The first-order valence-corrected chi connectivity index (χ1v) is 7.62. The van der Waals surface area contributed by atoms with E-state index in [1.807, 2.05) is 0 Å². The summed E-state index contributed by atoms with van der Waals surface area (Å²) in [5.41, 5.74) is 0. The lowest BCUT2D eigenvalue weighted by atomic mass is 10.6. The number of hydrogen-bond donors (Lipinski definition) is 1. The van der Waals surface area contributed by atoms with E-state index < -0.39 is 28.3 Å². The Morgan fingerprint density at radius 3 is 1.20 bits per heavy atom. The molecule has 0 fully saturated rings. The molecule has 0 aromatic rings. The maximum atomic E-state index is 10.3. The molecule has 1 N–H and O–H groups in total. The maximum Gasteiger partial charge on any atom is 0.300 e. The van der Waals surface area contributed by atoms with Crippen molar-refractivity contribution in [2.45, 2.75) is 20.8 Å². The molecular formula is C10H25NO7S2. The van der Waals surface area contributed by atoms with Gasteiger partial charge in [0.15, 0.2) is 11.1 Å². The number of rotatable bonds is 3. The Bertz CT molecular complexity index is 275. The lowest BCUT2D eigenvalue weighted by Gasteiger charge is -2.03. The summed E-state index contributed by atoms with van der Waals surface area (Å²) in [7, 11) is 6.16. The molecule has 0 heterocycles. The van der Waals surface area contributed by atoms with Crippen molar-refractivity contribution >= 4 is 34.1 Å². The van der Waals surface area contributed by atoms with Crippen LogP contribution in [0.2, 0.25) is 0 Å². The molecule has 0 spiro atoms. The molecule has 0 aliphatic carbocycles. The van der Waals surface area contributed by atoms with E-state index >= 15 is 0 Å². The minimum absolute atomic E-state index is 0.167. The highest BCUT2D eigenvalue weighted by atomic mass is 32.2. The average molecular weight is 335 g/mol. The number of nitrogens with zero attached hydrogens (tertiary/aromatic N) is 1. The topological polar surface area (TPSA) is 110 Å². The summed E-state index contributed by atoms with van der Waals surface area (Å²) < 4.78 is 30.1. The number of aliphatic carboxylic acids is 1. The van der Waals surface area contributed by atoms with E-state index in [9.17, 15) is 13.2 Å². The Balaban J connectivity index is -0.0000000883. The summed E-state index contributed by atoms with van der Waals surface area (Å²) in [4.78, 5) is 18.4. The van der Waals surface area contributed by atoms with Gasteiger partial charge in [0.1, 0.15) is 5.78 Å². The average Bonchev–Trinajstić information content (AvgIpc) is 2.27. The summed E-state index contributed by atoms with van der Waals surface area (Å²) in [5, 5.41) is 7.42. The molecule has 10 heteroatoms. The Hall–Kier alpha value is -0.680. The smallest absolute Gasteiger partial charge is 0.300 e. The van der Waals surface area contributed by atoms with E-state index in [2.05, 4.69) is 8.37 Å². The fraction of sp³-hybridized carbons (Fsp3) is 0.800. The standard InChI is InChI=1S/C3H9NO2S.C3H6O.C2H6O2S.C2H4O2/c1-4(2)7(5)6-3;1-3(2)4;1-4-5(2)3;1-2(3)4/h1-3H3;1-2H3;1-2H3;1H3,(H,3,4). The molecule has 0 bridgehead atoms. The van der Waals surface area contributed by atoms with Crippen molar-refractivity contribution in [3.63, 3.8) is 0 Å². The van der Waals surface area contributed by atoms with Gasteiger partial charge in [-0.05, 0) is 13.8 Å². The van der Waals surface area contributed by atoms with Gasteiger partial charge in [0.25, 0.3) is 5.97 Å². The third kappa shape index (κ3) is 86.1. The second kappa shape index (κ2) is 20.6. The van der Waals surface area contributed by atoms with E-state index in [0.29, 0.717) is 0 Å². The van der Waals surface area contributed by atoms with Crippen LogP contribution >= 0.6 is 0 Å². The van der Waals surface area contributed by atoms with Crippen LogP contribution in [0.5, 0.6) is 0 Å². The zero-order valence-corrected chi connectivity index (χ0v) is 14.8. The van der Waals surface area contributed by atoms with E-state index in [4.69, 9.17) is 9.90 Å². The van der Waals surface area contributed by atoms with Gasteiger partial charge in [-0.15, -0.1) is 0 Å². The number of hydrogen-bond acceptors (Lipinski definition) is 6.